The van der Waals surface area contributed by atoms with Crippen molar-refractivity contribution in [1.82, 2.24) is 9.78 Å². The Balaban J connectivity index is 1.75. The van der Waals surface area contributed by atoms with Gasteiger partial charge in [0.25, 0.3) is 5.91 Å². The third-order valence-corrected chi connectivity index (χ3v) is 3.20. The first-order valence-corrected chi connectivity index (χ1v) is 6.98. The maximum absolute atomic E-state index is 13.5. The molecule has 1 amide bonds. The number of furan rings is 1. The van der Waals surface area contributed by atoms with Gasteiger partial charge in [-0.15, -0.1) is 0 Å². The molecule has 0 saturated heterocycles. The van der Waals surface area contributed by atoms with Crippen LogP contribution in [0.5, 0.6) is 0 Å². The van der Waals surface area contributed by atoms with Crippen LogP contribution in [0.4, 0.5) is 10.1 Å². The highest BCUT2D eigenvalue weighted by atomic mass is 19.1. The summed E-state index contributed by atoms with van der Waals surface area (Å²) in [6.07, 6.45) is 3.80. The lowest BCUT2D eigenvalue weighted by atomic mass is 10.3. The van der Waals surface area contributed by atoms with E-state index in [1.165, 1.54) is 28.9 Å². The van der Waals surface area contributed by atoms with Crippen LogP contribution in [0.25, 0.3) is 5.88 Å². The molecule has 0 radical (unpaired) electrons. The van der Waals surface area contributed by atoms with E-state index in [0.717, 1.165) is 5.56 Å². The van der Waals surface area contributed by atoms with Crippen molar-refractivity contribution in [2.45, 2.75) is 6.42 Å². The largest absolute Gasteiger partial charge is 0.433 e. The van der Waals surface area contributed by atoms with Crippen molar-refractivity contribution in [2.75, 3.05) is 11.9 Å². The van der Waals surface area contributed by atoms with Gasteiger partial charge in [0.2, 0.25) is 5.88 Å². The number of aliphatic hydroxyl groups excluding tert-OH is 1. The van der Waals surface area contributed by atoms with Crippen LogP contribution in [0.1, 0.15) is 16.1 Å². The van der Waals surface area contributed by atoms with Gasteiger partial charge in [-0.05, 0) is 30.2 Å². The number of halogens is 1. The molecular formula is C16H14FN3O3. The number of amides is 1. The van der Waals surface area contributed by atoms with Crippen molar-refractivity contribution in [3.63, 3.8) is 0 Å². The van der Waals surface area contributed by atoms with E-state index in [1.54, 1.807) is 24.5 Å². The van der Waals surface area contributed by atoms with Crippen LogP contribution in [-0.2, 0) is 6.42 Å². The molecule has 6 nitrogen and oxygen atoms in total. The lowest BCUT2D eigenvalue weighted by Crippen LogP contribution is -2.12. The van der Waals surface area contributed by atoms with Crippen LogP contribution in [0.2, 0.25) is 0 Å². The Kier molecular flexibility index (Phi) is 4.20. The molecule has 0 spiro atoms. The van der Waals surface area contributed by atoms with Crippen LogP contribution in [0, 0.1) is 5.82 Å². The average molecular weight is 315 g/mol. The molecule has 2 aromatic heterocycles. The molecule has 0 atom stereocenters. The first-order valence-electron chi connectivity index (χ1n) is 6.98. The number of carbonyl (C=O) groups excluding carboxylic acids is 1. The normalized spacial score (nSPS) is 10.7. The van der Waals surface area contributed by atoms with Crippen molar-refractivity contribution < 1.29 is 18.7 Å². The number of hydrogen-bond acceptors (Lipinski definition) is 4. The molecule has 0 aliphatic heterocycles. The lowest BCUT2D eigenvalue weighted by Gasteiger charge is -2.03. The zero-order valence-corrected chi connectivity index (χ0v) is 12.1. The van der Waals surface area contributed by atoms with Gasteiger partial charge in [0.05, 0.1) is 11.9 Å². The van der Waals surface area contributed by atoms with E-state index in [4.69, 9.17) is 9.52 Å². The Bertz CT molecular complexity index is 825. The summed E-state index contributed by atoms with van der Waals surface area (Å²) in [6.45, 7) is 0.0279. The fraction of sp³-hybridized carbons (Fsp3) is 0.125. The lowest BCUT2D eigenvalue weighted by molar-refractivity contribution is 0.0995. The number of rotatable bonds is 5. The Morgan fingerprint density at radius 2 is 2.13 bits per heavy atom. The molecule has 0 aliphatic carbocycles. The maximum atomic E-state index is 13.5. The number of nitrogens with zero attached hydrogens (tertiary/aromatic N) is 2. The van der Waals surface area contributed by atoms with Crippen molar-refractivity contribution in [3.05, 3.63) is 65.9 Å². The highest BCUT2D eigenvalue weighted by Gasteiger charge is 2.14. The molecule has 2 heterocycles. The minimum Gasteiger partial charge on any atom is -0.433 e. The van der Waals surface area contributed by atoms with Crippen molar-refractivity contribution in [1.29, 1.82) is 0 Å². The average Bonchev–Trinajstić information content (AvgIpc) is 3.18. The third kappa shape index (κ3) is 3.29. The maximum Gasteiger partial charge on any atom is 0.291 e. The minimum atomic E-state index is -0.552. The summed E-state index contributed by atoms with van der Waals surface area (Å²) in [6, 6.07) is 8.96. The summed E-state index contributed by atoms with van der Waals surface area (Å²) in [5.41, 5.74) is 0.932. The molecule has 0 fully saturated rings. The molecule has 2 N–H and O–H groups in total. The summed E-state index contributed by atoms with van der Waals surface area (Å²) in [5.74, 6) is -0.673. The van der Waals surface area contributed by atoms with Gasteiger partial charge in [-0.1, -0.05) is 12.1 Å². The number of nitrogens with one attached hydrogen (secondary N) is 1. The van der Waals surface area contributed by atoms with E-state index in [0.29, 0.717) is 12.3 Å². The quantitative estimate of drug-likeness (QED) is 0.757. The van der Waals surface area contributed by atoms with Crippen LogP contribution < -0.4 is 5.32 Å². The van der Waals surface area contributed by atoms with Gasteiger partial charge < -0.3 is 14.8 Å². The van der Waals surface area contributed by atoms with E-state index in [9.17, 15) is 9.18 Å². The topological polar surface area (TPSA) is 80.3 Å². The number of anilines is 1. The molecule has 3 rings (SSSR count). The van der Waals surface area contributed by atoms with Gasteiger partial charge in [-0.3, -0.25) is 4.79 Å². The molecule has 0 saturated carbocycles. The predicted molar refractivity (Wildman–Crippen MR) is 81.0 cm³/mol. The number of hydrogen-bond donors (Lipinski definition) is 2. The van der Waals surface area contributed by atoms with Gasteiger partial charge in [-0.25, -0.2) is 9.07 Å². The van der Waals surface area contributed by atoms with Crippen molar-refractivity contribution in [3.8, 4) is 5.88 Å². The van der Waals surface area contributed by atoms with Crippen LogP contribution in [0.3, 0.4) is 0 Å². The summed E-state index contributed by atoms with van der Waals surface area (Å²) >= 11 is 0. The second kappa shape index (κ2) is 6.45. The monoisotopic (exact) mass is 315 g/mol. The summed E-state index contributed by atoms with van der Waals surface area (Å²) in [7, 11) is 0. The molecule has 118 valence electrons. The number of carbonyl (C=O) groups is 1. The van der Waals surface area contributed by atoms with E-state index in [-0.39, 0.29) is 18.1 Å². The molecule has 3 aromatic rings. The van der Waals surface area contributed by atoms with E-state index >= 15 is 0 Å². The predicted octanol–water partition coefficient (Wildman–Crippen LogP) is 2.39. The fourth-order valence-electron chi connectivity index (χ4n) is 2.06. The molecule has 0 bridgehead atoms. The number of aromatic nitrogens is 2. The molecular weight excluding hydrogens is 301 g/mol. The zero-order chi connectivity index (χ0) is 16.2. The van der Waals surface area contributed by atoms with Crippen LogP contribution >= 0.6 is 0 Å². The summed E-state index contributed by atoms with van der Waals surface area (Å²) < 4.78 is 20.4. The van der Waals surface area contributed by atoms with E-state index < -0.39 is 11.7 Å². The minimum absolute atomic E-state index is 0.0279. The SMILES string of the molecule is O=C(Nc1ccccc1F)c1ccc(-n2cc(CCO)cn2)o1. The highest BCUT2D eigenvalue weighted by Crippen LogP contribution is 2.17. The Labute approximate surface area is 131 Å². The number of para-hydroxylation sites is 1. The van der Waals surface area contributed by atoms with Gasteiger partial charge in [0.15, 0.2) is 5.76 Å². The van der Waals surface area contributed by atoms with Gasteiger partial charge in [0, 0.05) is 18.9 Å². The van der Waals surface area contributed by atoms with Crippen molar-refractivity contribution in [2.24, 2.45) is 0 Å². The molecule has 23 heavy (non-hydrogen) atoms. The highest BCUT2D eigenvalue weighted by molar-refractivity contribution is 6.02. The van der Waals surface area contributed by atoms with Gasteiger partial charge in [-0.2, -0.15) is 5.10 Å². The molecule has 0 unspecified atom stereocenters. The van der Waals surface area contributed by atoms with Crippen molar-refractivity contribution >= 4 is 11.6 Å². The van der Waals surface area contributed by atoms with E-state index in [1.807, 2.05) is 0 Å². The number of benzene rings is 1. The molecule has 0 aliphatic rings. The fourth-order valence-corrected chi connectivity index (χ4v) is 2.06. The smallest absolute Gasteiger partial charge is 0.291 e. The summed E-state index contributed by atoms with van der Waals surface area (Å²) in [4.78, 5) is 12.1. The summed E-state index contributed by atoms with van der Waals surface area (Å²) in [5, 5.41) is 15.4. The first-order chi connectivity index (χ1) is 11.2. The number of aliphatic hydroxyl groups is 1. The van der Waals surface area contributed by atoms with Crippen LogP contribution in [-0.4, -0.2) is 27.4 Å². The molecule has 1 aromatic carbocycles. The molecule has 7 heteroatoms. The van der Waals surface area contributed by atoms with Gasteiger partial charge >= 0.3 is 0 Å². The Morgan fingerprint density at radius 1 is 1.30 bits per heavy atom. The Hall–Kier alpha value is -2.93. The third-order valence-electron chi connectivity index (χ3n) is 3.20. The standard InChI is InChI=1S/C16H14FN3O3/c17-12-3-1-2-4-13(12)19-16(22)14-5-6-15(23-14)20-10-11(7-8-21)9-18-20/h1-6,9-10,21H,7-8H2,(H,19,22). The first kappa shape index (κ1) is 15.0. The zero-order valence-electron chi connectivity index (χ0n) is 12.1. The van der Waals surface area contributed by atoms with Gasteiger partial charge in [0.1, 0.15) is 5.82 Å². The second-order valence-electron chi connectivity index (χ2n) is 4.84. The second-order valence-corrected chi connectivity index (χ2v) is 4.84. The van der Waals surface area contributed by atoms with Crippen LogP contribution in [0.15, 0.2) is 53.2 Å². The van der Waals surface area contributed by atoms with E-state index in [2.05, 4.69) is 10.4 Å². The Morgan fingerprint density at radius 3 is 2.91 bits per heavy atom.